The lowest BCUT2D eigenvalue weighted by Gasteiger charge is -2.39. The minimum atomic E-state index is 0.00799. The van der Waals surface area contributed by atoms with Crippen LogP contribution in [0.2, 0.25) is 5.02 Å². The van der Waals surface area contributed by atoms with Crippen LogP contribution in [0, 0.1) is 0 Å². The maximum absolute atomic E-state index is 6.14. The minimum Gasteiger partial charge on any atom is -0.494 e. The molecule has 1 N–H and O–H groups in total. The average molecular weight is 433 g/mol. The highest BCUT2D eigenvalue weighted by molar-refractivity contribution is 6.30. The number of aryl methyl sites for hydroxylation is 1. The van der Waals surface area contributed by atoms with Gasteiger partial charge in [-0.2, -0.15) is 0 Å². The lowest BCUT2D eigenvalue weighted by molar-refractivity contribution is 0.0512. The number of ether oxygens (including phenoxy) is 2. The molecule has 0 radical (unpaired) electrons. The molecule has 2 heterocycles. The Morgan fingerprint density at radius 3 is 2.57 bits per heavy atom. The molecule has 1 fully saturated rings. The van der Waals surface area contributed by atoms with E-state index in [9.17, 15) is 0 Å². The highest BCUT2D eigenvalue weighted by Gasteiger charge is 2.35. The van der Waals surface area contributed by atoms with Crippen molar-refractivity contribution in [1.82, 2.24) is 14.8 Å². The van der Waals surface area contributed by atoms with Gasteiger partial charge in [0.25, 0.3) is 0 Å². The number of aliphatic imine (C=N–C) groups is 1. The molecule has 1 saturated heterocycles. The lowest BCUT2D eigenvalue weighted by Crippen LogP contribution is -2.48. The van der Waals surface area contributed by atoms with Gasteiger partial charge in [0.2, 0.25) is 0 Å². The molecule has 0 aliphatic carbocycles. The maximum Gasteiger partial charge on any atom is 0.193 e. The Hall–Kier alpha value is -2.18. The summed E-state index contributed by atoms with van der Waals surface area (Å²) in [7, 11) is 5.88. The Balaban J connectivity index is 1.71. The van der Waals surface area contributed by atoms with Gasteiger partial charge in [0.1, 0.15) is 5.75 Å². The lowest BCUT2D eigenvalue weighted by atomic mass is 9.74. The molecule has 164 valence electrons. The Morgan fingerprint density at radius 2 is 2.00 bits per heavy atom. The standard InChI is InChI=1S/C23H33ClN4O2/c1-5-30-21-8-6-18(7-9-21)23(10-12-29-13-11-23)17-26-22(25-2)28(4)16-20-14-19(24)15-27(20)3/h6-9,14-15H,5,10-13,16-17H2,1-4H3,(H,25,26). The van der Waals surface area contributed by atoms with Crippen LogP contribution < -0.4 is 10.1 Å². The molecule has 7 heteroatoms. The monoisotopic (exact) mass is 432 g/mol. The molecule has 1 aliphatic rings. The van der Waals surface area contributed by atoms with E-state index in [0.29, 0.717) is 6.61 Å². The van der Waals surface area contributed by atoms with E-state index >= 15 is 0 Å². The second-order valence-electron chi connectivity index (χ2n) is 7.87. The summed E-state index contributed by atoms with van der Waals surface area (Å²) in [6.45, 7) is 5.74. The number of benzene rings is 1. The summed E-state index contributed by atoms with van der Waals surface area (Å²) < 4.78 is 13.3. The third-order valence-corrected chi connectivity index (χ3v) is 6.07. The molecule has 0 spiro atoms. The summed E-state index contributed by atoms with van der Waals surface area (Å²) in [6.07, 6.45) is 3.87. The van der Waals surface area contributed by atoms with Crippen molar-refractivity contribution < 1.29 is 9.47 Å². The highest BCUT2D eigenvalue weighted by atomic mass is 35.5. The van der Waals surface area contributed by atoms with Crippen molar-refractivity contribution in [1.29, 1.82) is 0 Å². The second kappa shape index (κ2) is 10.2. The zero-order chi connectivity index (χ0) is 21.6. The quantitative estimate of drug-likeness (QED) is 0.533. The van der Waals surface area contributed by atoms with Crippen LogP contribution >= 0.6 is 11.6 Å². The molecule has 1 aliphatic heterocycles. The summed E-state index contributed by atoms with van der Waals surface area (Å²) in [5.41, 5.74) is 2.46. The summed E-state index contributed by atoms with van der Waals surface area (Å²) in [5.74, 6) is 1.78. The van der Waals surface area contributed by atoms with Crippen molar-refractivity contribution in [2.45, 2.75) is 31.7 Å². The van der Waals surface area contributed by atoms with Crippen molar-refractivity contribution in [2.75, 3.05) is 40.5 Å². The van der Waals surface area contributed by atoms with E-state index in [1.807, 2.05) is 44.9 Å². The number of nitrogens with zero attached hydrogens (tertiary/aromatic N) is 3. The first kappa shape index (κ1) is 22.5. The molecule has 6 nitrogen and oxygen atoms in total. The van der Waals surface area contributed by atoms with Gasteiger partial charge in [-0.05, 0) is 43.5 Å². The highest BCUT2D eigenvalue weighted by Crippen LogP contribution is 2.35. The van der Waals surface area contributed by atoms with Crippen LogP contribution in [0.1, 0.15) is 31.0 Å². The van der Waals surface area contributed by atoms with Gasteiger partial charge in [-0.15, -0.1) is 0 Å². The van der Waals surface area contributed by atoms with E-state index in [0.717, 1.165) is 61.6 Å². The Morgan fingerprint density at radius 1 is 1.30 bits per heavy atom. The fourth-order valence-corrected chi connectivity index (χ4v) is 4.35. The number of halogens is 1. The average Bonchev–Trinajstić information content (AvgIpc) is 3.06. The molecule has 0 unspecified atom stereocenters. The number of aromatic nitrogens is 1. The predicted octanol–water partition coefficient (Wildman–Crippen LogP) is 3.83. The summed E-state index contributed by atoms with van der Waals surface area (Å²) in [5, 5.41) is 4.36. The van der Waals surface area contributed by atoms with E-state index < -0.39 is 0 Å². The van der Waals surface area contributed by atoms with Crippen molar-refractivity contribution in [2.24, 2.45) is 12.0 Å². The molecular weight excluding hydrogens is 400 g/mol. The molecule has 30 heavy (non-hydrogen) atoms. The van der Waals surface area contributed by atoms with E-state index in [-0.39, 0.29) is 5.41 Å². The van der Waals surface area contributed by atoms with Gasteiger partial charge in [0.05, 0.1) is 18.2 Å². The van der Waals surface area contributed by atoms with Gasteiger partial charge < -0.3 is 24.3 Å². The molecule has 0 amide bonds. The Kier molecular flexibility index (Phi) is 7.67. The maximum atomic E-state index is 6.14. The summed E-state index contributed by atoms with van der Waals surface area (Å²) in [4.78, 5) is 6.63. The molecular formula is C23H33ClN4O2. The second-order valence-corrected chi connectivity index (χ2v) is 8.30. The van der Waals surface area contributed by atoms with Gasteiger partial charge in [-0.1, -0.05) is 23.7 Å². The van der Waals surface area contributed by atoms with Gasteiger partial charge in [0.15, 0.2) is 5.96 Å². The molecule has 2 aromatic rings. The number of rotatable bonds is 7. The van der Waals surface area contributed by atoms with Crippen molar-refractivity contribution in [3.63, 3.8) is 0 Å². The van der Waals surface area contributed by atoms with Crippen molar-refractivity contribution >= 4 is 17.6 Å². The van der Waals surface area contributed by atoms with Crippen LogP contribution in [0.25, 0.3) is 0 Å². The van der Waals surface area contributed by atoms with Gasteiger partial charge in [-0.3, -0.25) is 4.99 Å². The Labute approximate surface area is 184 Å². The molecule has 1 aromatic carbocycles. The number of hydrogen-bond acceptors (Lipinski definition) is 3. The van der Waals surface area contributed by atoms with Crippen LogP contribution in [0.15, 0.2) is 41.5 Å². The first-order valence-corrected chi connectivity index (χ1v) is 10.9. The SMILES string of the molecule is CCOc1ccc(C2(CNC(=NC)N(C)Cc3cc(Cl)cn3C)CCOCC2)cc1. The third kappa shape index (κ3) is 5.29. The molecule has 0 bridgehead atoms. The first-order chi connectivity index (χ1) is 14.5. The zero-order valence-electron chi connectivity index (χ0n) is 18.4. The van der Waals surface area contributed by atoms with Crippen LogP contribution in [0.4, 0.5) is 0 Å². The van der Waals surface area contributed by atoms with Gasteiger partial charge in [0, 0.05) is 58.2 Å². The molecule has 1 aromatic heterocycles. The number of guanidine groups is 1. The zero-order valence-corrected chi connectivity index (χ0v) is 19.2. The first-order valence-electron chi connectivity index (χ1n) is 10.5. The molecule has 3 rings (SSSR count). The van der Waals surface area contributed by atoms with Crippen LogP contribution in [0.5, 0.6) is 5.75 Å². The van der Waals surface area contributed by atoms with Crippen LogP contribution in [-0.2, 0) is 23.7 Å². The van der Waals surface area contributed by atoms with E-state index in [4.69, 9.17) is 21.1 Å². The van der Waals surface area contributed by atoms with Gasteiger partial charge in [-0.25, -0.2) is 0 Å². The topological polar surface area (TPSA) is 51.0 Å². The fraction of sp³-hybridized carbons (Fsp3) is 0.522. The van der Waals surface area contributed by atoms with Crippen LogP contribution in [-0.4, -0.2) is 55.9 Å². The smallest absolute Gasteiger partial charge is 0.193 e. The third-order valence-electron chi connectivity index (χ3n) is 5.86. The van der Waals surface area contributed by atoms with E-state index in [1.54, 1.807) is 0 Å². The normalized spacial score (nSPS) is 16.4. The largest absolute Gasteiger partial charge is 0.494 e. The van der Waals surface area contributed by atoms with Crippen molar-refractivity contribution in [3.05, 3.63) is 52.8 Å². The van der Waals surface area contributed by atoms with Crippen molar-refractivity contribution in [3.8, 4) is 5.75 Å². The number of hydrogen-bond donors (Lipinski definition) is 1. The molecule has 0 atom stereocenters. The minimum absolute atomic E-state index is 0.00799. The summed E-state index contributed by atoms with van der Waals surface area (Å²) in [6, 6.07) is 10.5. The fourth-order valence-electron chi connectivity index (χ4n) is 4.08. The van der Waals surface area contributed by atoms with Gasteiger partial charge >= 0.3 is 0 Å². The van der Waals surface area contributed by atoms with E-state index in [2.05, 4.69) is 39.5 Å². The predicted molar refractivity (Wildman–Crippen MR) is 123 cm³/mol. The van der Waals surface area contributed by atoms with Crippen LogP contribution in [0.3, 0.4) is 0 Å². The van der Waals surface area contributed by atoms with E-state index in [1.165, 1.54) is 5.56 Å². The molecule has 0 saturated carbocycles. The summed E-state index contributed by atoms with van der Waals surface area (Å²) >= 11 is 6.14. The number of nitrogens with one attached hydrogen (secondary N) is 1. The Bertz CT molecular complexity index is 841.